The molecule has 4 heteroatoms. The summed E-state index contributed by atoms with van der Waals surface area (Å²) in [6.07, 6.45) is 4.32. The second-order valence-electron chi connectivity index (χ2n) is 5.45. The second-order valence-corrected chi connectivity index (χ2v) is 5.45. The summed E-state index contributed by atoms with van der Waals surface area (Å²) in [7, 11) is 5.97. The molecule has 0 bridgehead atoms. The maximum absolute atomic E-state index is 5.07. The topological polar surface area (TPSA) is 37.4 Å². The molecule has 0 radical (unpaired) electrons. The first kappa shape index (κ1) is 16.9. The van der Waals surface area contributed by atoms with Gasteiger partial charge in [-0.3, -0.25) is 0 Å². The van der Waals surface area contributed by atoms with Gasteiger partial charge in [0.1, 0.15) is 0 Å². The van der Waals surface area contributed by atoms with Crippen molar-refractivity contribution in [3.8, 4) is 5.88 Å². The molecule has 1 unspecified atom stereocenters. The first-order chi connectivity index (χ1) is 9.62. The summed E-state index contributed by atoms with van der Waals surface area (Å²) in [5.74, 6) is 1.41. The summed E-state index contributed by atoms with van der Waals surface area (Å²) in [4.78, 5) is 6.56. The Balaban J connectivity index is 2.47. The smallest absolute Gasteiger partial charge is 0.212 e. The fraction of sp³-hybridized carbons (Fsp3) is 0.688. The van der Waals surface area contributed by atoms with Gasteiger partial charge in [-0.2, -0.15) is 0 Å². The molecule has 1 heterocycles. The lowest BCUT2D eigenvalue weighted by molar-refractivity contribution is 0.194. The van der Waals surface area contributed by atoms with Gasteiger partial charge in [0.05, 0.1) is 7.11 Å². The molecule has 20 heavy (non-hydrogen) atoms. The monoisotopic (exact) mass is 279 g/mol. The minimum atomic E-state index is 0.580. The number of likely N-dealkylation sites (N-methyl/N-ethyl adjacent to an activating group) is 1. The highest BCUT2D eigenvalue weighted by atomic mass is 16.5. The van der Waals surface area contributed by atoms with E-state index in [9.17, 15) is 0 Å². The number of pyridine rings is 1. The second kappa shape index (κ2) is 8.93. The number of aromatic nitrogens is 1. The van der Waals surface area contributed by atoms with Gasteiger partial charge in [0.2, 0.25) is 5.88 Å². The fourth-order valence-corrected chi connectivity index (χ4v) is 2.60. The van der Waals surface area contributed by atoms with E-state index in [4.69, 9.17) is 4.74 Å². The molecule has 0 aliphatic carbocycles. The molecule has 0 aliphatic heterocycles. The molecule has 1 aromatic heterocycles. The molecule has 4 nitrogen and oxygen atoms in total. The lowest BCUT2D eigenvalue weighted by Crippen LogP contribution is -2.42. The summed E-state index contributed by atoms with van der Waals surface area (Å²) in [6.45, 7) is 6.41. The Morgan fingerprint density at radius 2 is 1.95 bits per heavy atom. The van der Waals surface area contributed by atoms with Crippen molar-refractivity contribution in [3.63, 3.8) is 0 Å². The van der Waals surface area contributed by atoms with Crippen molar-refractivity contribution in [3.05, 3.63) is 23.9 Å². The van der Waals surface area contributed by atoms with E-state index in [1.54, 1.807) is 7.11 Å². The Kier molecular flexibility index (Phi) is 7.55. The number of hydrogen-bond acceptors (Lipinski definition) is 4. The summed E-state index contributed by atoms with van der Waals surface area (Å²) >= 11 is 0. The zero-order valence-electron chi connectivity index (χ0n) is 13.5. The Morgan fingerprint density at radius 1 is 1.25 bits per heavy atom. The highest BCUT2D eigenvalue weighted by Crippen LogP contribution is 2.16. The van der Waals surface area contributed by atoms with E-state index in [1.165, 1.54) is 18.4 Å². The predicted octanol–water partition coefficient (Wildman–Crippen LogP) is 2.55. The van der Waals surface area contributed by atoms with Gasteiger partial charge in [-0.15, -0.1) is 0 Å². The number of ether oxygens (including phenoxy) is 1. The average molecular weight is 279 g/mol. The van der Waals surface area contributed by atoms with E-state index < -0.39 is 0 Å². The molecule has 0 fully saturated rings. The van der Waals surface area contributed by atoms with Crippen LogP contribution in [0.2, 0.25) is 0 Å². The Morgan fingerprint density at radius 3 is 2.40 bits per heavy atom. The largest absolute Gasteiger partial charge is 0.481 e. The summed E-state index contributed by atoms with van der Waals surface area (Å²) in [6, 6.07) is 4.54. The van der Waals surface area contributed by atoms with Crippen molar-refractivity contribution in [1.29, 1.82) is 0 Å². The number of rotatable bonds is 9. The van der Waals surface area contributed by atoms with Gasteiger partial charge in [-0.05, 0) is 25.6 Å². The van der Waals surface area contributed by atoms with E-state index in [-0.39, 0.29) is 0 Å². The highest BCUT2D eigenvalue weighted by Gasteiger charge is 2.19. The van der Waals surface area contributed by atoms with Crippen LogP contribution >= 0.6 is 0 Å². The molecule has 0 amide bonds. The molecular formula is C16H29N3O. The predicted molar refractivity (Wildman–Crippen MR) is 84.0 cm³/mol. The van der Waals surface area contributed by atoms with Crippen LogP contribution in [0.4, 0.5) is 0 Å². The summed E-state index contributed by atoms with van der Waals surface area (Å²) in [5, 5.41) is 3.55. The van der Waals surface area contributed by atoms with E-state index in [0.717, 1.165) is 19.0 Å². The number of nitrogens with one attached hydrogen (secondary N) is 1. The minimum Gasteiger partial charge on any atom is -0.481 e. The molecule has 1 rings (SSSR count). The Labute approximate surface area is 123 Å². The number of nitrogens with zero attached hydrogens (tertiary/aromatic N) is 2. The van der Waals surface area contributed by atoms with Gasteiger partial charge in [-0.25, -0.2) is 4.98 Å². The maximum Gasteiger partial charge on any atom is 0.212 e. The van der Waals surface area contributed by atoms with Crippen LogP contribution in [0.1, 0.15) is 32.3 Å². The number of methoxy groups -OCH3 is 1. The van der Waals surface area contributed by atoms with Gasteiger partial charge >= 0.3 is 0 Å². The van der Waals surface area contributed by atoms with E-state index in [2.05, 4.69) is 49.2 Å². The van der Waals surface area contributed by atoms with Crippen molar-refractivity contribution >= 4 is 0 Å². The first-order valence-corrected chi connectivity index (χ1v) is 7.48. The zero-order valence-corrected chi connectivity index (χ0v) is 13.5. The molecule has 0 saturated carbocycles. The van der Waals surface area contributed by atoms with Gasteiger partial charge in [0.15, 0.2) is 0 Å². The van der Waals surface area contributed by atoms with Crippen molar-refractivity contribution in [2.75, 3.05) is 27.7 Å². The molecule has 1 aromatic rings. The van der Waals surface area contributed by atoms with Crippen LogP contribution in [0.3, 0.4) is 0 Å². The zero-order chi connectivity index (χ0) is 15.0. The van der Waals surface area contributed by atoms with Gasteiger partial charge in [0, 0.05) is 31.4 Å². The van der Waals surface area contributed by atoms with E-state index >= 15 is 0 Å². The van der Waals surface area contributed by atoms with Crippen LogP contribution in [-0.4, -0.2) is 43.7 Å². The normalized spacial score (nSPS) is 12.9. The van der Waals surface area contributed by atoms with Crippen LogP contribution < -0.4 is 10.1 Å². The Bertz CT molecular complexity index is 360. The molecule has 114 valence electrons. The van der Waals surface area contributed by atoms with Crippen LogP contribution in [-0.2, 0) is 6.54 Å². The summed E-state index contributed by atoms with van der Waals surface area (Å²) < 4.78 is 5.07. The molecule has 0 aliphatic rings. The van der Waals surface area contributed by atoms with Crippen LogP contribution in [0.5, 0.6) is 5.88 Å². The van der Waals surface area contributed by atoms with Crippen LogP contribution in [0, 0.1) is 5.92 Å². The average Bonchev–Trinajstić information content (AvgIpc) is 2.47. The molecular weight excluding hydrogens is 250 g/mol. The first-order valence-electron chi connectivity index (χ1n) is 7.48. The standard InChI is InChI=1S/C16H29N3O/c1-6-14(7-2)15(19(3)4)12-17-10-13-8-9-16(20-5)18-11-13/h8-9,11,14-15,17H,6-7,10,12H2,1-5H3. The molecule has 0 saturated heterocycles. The van der Waals surface area contributed by atoms with Crippen molar-refractivity contribution in [2.45, 2.75) is 39.3 Å². The molecule has 0 spiro atoms. The third kappa shape index (κ3) is 5.10. The SMILES string of the molecule is CCC(CC)C(CNCc1ccc(OC)nc1)N(C)C. The van der Waals surface area contributed by atoms with Gasteiger partial charge in [-0.1, -0.05) is 32.8 Å². The van der Waals surface area contributed by atoms with Crippen molar-refractivity contribution in [1.82, 2.24) is 15.2 Å². The lowest BCUT2D eigenvalue weighted by Gasteiger charge is -2.31. The van der Waals surface area contributed by atoms with Crippen LogP contribution in [0.25, 0.3) is 0 Å². The lowest BCUT2D eigenvalue weighted by atomic mass is 9.93. The van der Waals surface area contributed by atoms with Gasteiger partial charge in [0.25, 0.3) is 0 Å². The Hall–Kier alpha value is -1.13. The fourth-order valence-electron chi connectivity index (χ4n) is 2.60. The van der Waals surface area contributed by atoms with Crippen molar-refractivity contribution < 1.29 is 4.74 Å². The van der Waals surface area contributed by atoms with Gasteiger partial charge < -0.3 is 15.0 Å². The third-order valence-corrected chi connectivity index (χ3v) is 3.95. The van der Waals surface area contributed by atoms with E-state index in [0.29, 0.717) is 11.9 Å². The molecule has 1 N–H and O–H groups in total. The van der Waals surface area contributed by atoms with Crippen molar-refractivity contribution in [2.24, 2.45) is 5.92 Å². The minimum absolute atomic E-state index is 0.580. The maximum atomic E-state index is 5.07. The third-order valence-electron chi connectivity index (χ3n) is 3.95. The van der Waals surface area contributed by atoms with E-state index in [1.807, 2.05) is 12.3 Å². The summed E-state index contributed by atoms with van der Waals surface area (Å²) in [5.41, 5.74) is 1.19. The molecule has 0 aromatic carbocycles. The molecule has 1 atom stereocenters. The van der Waals surface area contributed by atoms with Crippen LogP contribution in [0.15, 0.2) is 18.3 Å². The number of hydrogen-bond donors (Lipinski definition) is 1. The highest BCUT2D eigenvalue weighted by molar-refractivity contribution is 5.17. The quantitative estimate of drug-likeness (QED) is 0.754.